The summed E-state index contributed by atoms with van der Waals surface area (Å²) in [6, 6.07) is 0.468. The van der Waals surface area contributed by atoms with E-state index < -0.39 is 0 Å². The highest BCUT2D eigenvalue weighted by molar-refractivity contribution is 5.80. The fourth-order valence-electron chi connectivity index (χ4n) is 5.65. The molecular formula is C15H24N2O. The summed E-state index contributed by atoms with van der Waals surface area (Å²) >= 11 is 0. The maximum absolute atomic E-state index is 12.3. The molecule has 0 aromatic heterocycles. The molecule has 100 valence electrons. The summed E-state index contributed by atoms with van der Waals surface area (Å²) < 4.78 is 0. The molecule has 3 heteroatoms. The summed E-state index contributed by atoms with van der Waals surface area (Å²) in [5.74, 6) is 3.13. The molecule has 4 saturated carbocycles. The summed E-state index contributed by atoms with van der Waals surface area (Å²) in [6.45, 7) is 3.70. The van der Waals surface area contributed by atoms with Crippen LogP contribution in [0.25, 0.3) is 0 Å². The number of piperazine rings is 1. The number of nitrogens with one attached hydrogen (secondary N) is 1. The van der Waals surface area contributed by atoms with Crippen molar-refractivity contribution in [3.05, 3.63) is 0 Å². The van der Waals surface area contributed by atoms with Crippen molar-refractivity contribution in [2.24, 2.45) is 17.8 Å². The lowest BCUT2D eigenvalue weighted by Gasteiger charge is -2.61. The minimum Gasteiger partial charge on any atom is -0.334 e. The molecule has 5 rings (SSSR count). The van der Waals surface area contributed by atoms with Crippen LogP contribution in [0.15, 0.2) is 0 Å². The zero-order valence-corrected chi connectivity index (χ0v) is 11.3. The highest BCUT2D eigenvalue weighted by Gasteiger charge is 2.55. The van der Waals surface area contributed by atoms with Crippen molar-refractivity contribution < 1.29 is 4.79 Å². The summed E-state index contributed by atoms with van der Waals surface area (Å²) in [4.78, 5) is 14.6. The van der Waals surface area contributed by atoms with Crippen molar-refractivity contribution in [3.8, 4) is 0 Å². The first-order chi connectivity index (χ1) is 8.64. The fraction of sp³-hybridized carbons (Fsp3) is 0.933. The van der Waals surface area contributed by atoms with Crippen LogP contribution in [0.3, 0.4) is 0 Å². The summed E-state index contributed by atoms with van der Waals surface area (Å²) in [7, 11) is 0. The smallest absolute Gasteiger partial charge is 0.237 e. The second-order valence-corrected chi connectivity index (χ2v) is 7.43. The predicted octanol–water partition coefficient (Wildman–Crippen LogP) is 1.78. The molecule has 4 aliphatic carbocycles. The number of amides is 1. The predicted molar refractivity (Wildman–Crippen MR) is 70.1 cm³/mol. The number of carbonyl (C=O) groups is 1. The molecule has 1 saturated heterocycles. The Labute approximate surface area is 109 Å². The Bertz CT molecular complexity index is 343. The van der Waals surface area contributed by atoms with Gasteiger partial charge in [0.05, 0.1) is 6.54 Å². The average molecular weight is 248 g/mol. The normalized spacial score (nSPS) is 50.9. The van der Waals surface area contributed by atoms with Gasteiger partial charge < -0.3 is 10.2 Å². The quantitative estimate of drug-likeness (QED) is 0.767. The van der Waals surface area contributed by atoms with E-state index in [4.69, 9.17) is 0 Å². The third-order valence-electron chi connectivity index (χ3n) is 5.94. The van der Waals surface area contributed by atoms with Crippen molar-refractivity contribution in [1.82, 2.24) is 10.2 Å². The van der Waals surface area contributed by atoms with E-state index in [1.807, 2.05) is 0 Å². The van der Waals surface area contributed by atoms with Gasteiger partial charge in [0, 0.05) is 18.1 Å². The third-order valence-corrected chi connectivity index (χ3v) is 5.94. The minimum absolute atomic E-state index is 0.266. The van der Waals surface area contributed by atoms with Crippen LogP contribution >= 0.6 is 0 Å². The second-order valence-electron chi connectivity index (χ2n) is 7.43. The van der Waals surface area contributed by atoms with E-state index in [1.54, 1.807) is 0 Å². The second kappa shape index (κ2) is 3.72. The number of hydrogen-bond donors (Lipinski definition) is 1. The standard InChI is InChI=1S/C15H24N2O/c1-10-9-17(14(18)8-16-10)15-5-11-2-12(6-15)4-13(3-11)7-15/h10-13,16H,2-9H2,1H3. The Hall–Kier alpha value is -0.570. The van der Waals surface area contributed by atoms with Crippen LogP contribution in [0.5, 0.6) is 0 Å². The van der Waals surface area contributed by atoms with E-state index in [0.29, 0.717) is 18.5 Å². The van der Waals surface area contributed by atoms with Crippen LogP contribution in [-0.2, 0) is 4.79 Å². The molecular weight excluding hydrogens is 224 g/mol. The van der Waals surface area contributed by atoms with Gasteiger partial charge in [0.15, 0.2) is 0 Å². The van der Waals surface area contributed by atoms with Gasteiger partial charge in [-0.15, -0.1) is 0 Å². The Morgan fingerprint density at radius 2 is 1.67 bits per heavy atom. The van der Waals surface area contributed by atoms with E-state index in [0.717, 1.165) is 24.3 Å². The zero-order chi connectivity index (χ0) is 12.3. The van der Waals surface area contributed by atoms with Gasteiger partial charge >= 0.3 is 0 Å². The van der Waals surface area contributed by atoms with Crippen molar-refractivity contribution in [3.63, 3.8) is 0 Å². The topological polar surface area (TPSA) is 32.3 Å². The molecule has 4 bridgehead atoms. The molecule has 1 amide bonds. The molecule has 0 radical (unpaired) electrons. The lowest BCUT2D eigenvalue weighted by atomic mass is 9.52. The number of rotatable bonds is 1. The van der Waals surface area contributed by atoms with Crippen LogP contribution in [-0.4, -0.2) is 35.5 Å². The maximum Gasteiger partial charge on any atom is 0.237 e. The molecule has 5 fully saturated rings. The Morgan fingerprint density at radius 3 is 2.22 bits per heavy atom. The maximum atomic E-state index is 12.3. The first kappa shape index (κ1) is 11.3. The van der Waals surface area contributed by atoms with E-state index >= 15 is 0 Å². The van der Waals surface area contributed by atoms with Crippen LogP contribution in [0.2, 0.25) is 0 Å². The summed E-state index contributed by atoms with van der Waals surface area (Å²) in [5.41, 5.74) is 0.266. The molecule has 1 aliphatic heterocycles. The van der Waals surface area contributed by atoms with Gasteiger partial charge in [0.1, 0.15) is 0 Å². The van der Waals surface area contributed by atoms with Gasteiger partial charge in [0.2, 0.25) is 5.91 Å². The van der Waals surface area contributed by atoms with Gasteiger partial charge in [-0.2, -0.15) is 0 Å². The first-order valence-electron chi connectivity index (χ1n) is 7.68. The number of nitrogens with zero attached hydrogens (tertiary/aromatic N) is 1. The monoisotopic (exact) mass is 248 g/mol. The third kappa shape index (κ3) is 1.56. The molecule has 1 unspecified atom stereocenters. The lowest BCUT2D eigenvalue weighted by molar-refractivity contribution is -0.154. The van der Waals surface area contributed by atoms with Gasteiger partial charge in [-0.25, -0.2) is 0 Å². The van der Waals surface area contributed by atoms with Crippen LogP contribution in [0, 0.1) is 17.8 Å². The van der Waals surface area contributed by atoms with Crippen LogP contribution < -0.4 is 5.32 Å². The lowest BCUT2D eigenvalue weighted by Crippen LogP contribution is -2.67. The Morgan fingerprint density at radius 1 is 1.11 bits per heavy atom. The molecule has 1 heterocycles. The molecule has 0 aromatic rings. The Kier molecular flexibility index (Phi) is 2.33. The summed E-state index contributed by atoms with van der Waals surface area (Å²) in [6.07, 6.45) is 8.27. The van der Waals surface area contributed by atoms with Crippen molar-refractivity contribution in [2.45, 2.75) is 57.0 Å². The average Bonchev–Trinajstić information content (AvgIpc) is 2.30. The molecule has 1 N–H and O–H groups in total. The van der Waals surface area contributed by atoms with E-state index in [1.165, 1.54) is 38.5 Å². The molecule has 5 aliphatic rings. The van der Waals surface area contributed by atoms with Gasteiger partial charge in [0.25, 0.3) is 0 Å². The molecule has 0 aromatic carbocycles. The zero-order valence-electron chi connectivity index (χ0n) is 11.3. The SMILES string of the molecule is CC1CN(C23CC4CC(CC(C4)C2)C3)C(=O)CN1. The summed E-state index contributed by atoms with van der Waals surface area (Å²) in [5, 5.41) is 3.30. The van der Waals surface area contributed by atoms with Crippen molar-refractivity contribution >= 4 is 5.91 Å². The minimum atomic E-state index is 0.266. The van der Waals surface area contributed by atoms with Crippen molar-refractivity contribution in [2.75, 3.05) is 13.1 Å². The highest BCUT2D eigenvalue weighted by atomic mass is 16.2. The largest absolute Gasteiger partial charge is 0.334 e. The fourth-order valence-corrected chi connectivity index (χ4v) is 5.65. The van der Waals surface area contributed by atoms with E-state index in [9.17, 15) is 4.79 Å². The van der Waals surface area contributed by atoms with E-state index in [2.05, 4.69) is 17.1 Å². The molecule has 18 heavy (non-hydrogen) atoms. The van der Waals surface area contributed by atoms with Gasteiger partial charge in [-0.3, -0.25) is 4.79 Å². The molecule has 0 spiro atoms. The van der Waals surface area contributed by atoms with E-state index in [-0.39, 0.29) is 5.54 Å². The molecule has 1 atom stereocenters. The highest BCUT2D eigenvalue weighted by Crippen LogP contribution is 2.57. The van der Waals surface area contributed by atoms with Crippen LogP contribution in [0.1, 0.15) is 45.4 Å². The van der Waals surface area contributed by atoms with Gasteiger partial charge in [-0.05, 0) is 63.2 Å². The Balaban J connectivity index is 1.64. The van der Waals surface area contributed by atoms with Crippen LogP contribution in [0.4, 0.5) is 0 Å². The van der Waals surface area contributed by atoms with Crippen molar-refractivity contribution in [1.29, 1.82) is 0 Å². The number of hydrogen-bond acceptors (Lipinski definition) is 2. The first-order valence-corrected chi connectivity index (χ1v) is 7.68. The van der Waals surface area contributed by atoms with Gasteiger partial charge in [-0.1, -0.05) is 0 Å². The number of carbonyl (C=O) groups excluding carboxylic acids is 1. The molecule has 3 nitrogen and oxygen atoms in total.